The van der Waals surface area contributed by atoms with Crippen molar-refractivity contribution in [3.8, 4) is 0 Å². The van der Waals surface area contributed by atoms with Gasteiger partial charge in [0.05, 0.1) is 5.56 Å². The second-order valence-electron chi connectivity index (χ2n) is 3.31. The minimum atomic E-state index is -2.32. The number of aliphatic hydroxyl groups excluding tert-OH is 1. The molecule has 96 valence electrons. The van der Waals surface area contributed by atoms with Gasteiger partial charge in [-0.2, -0.15) is 0 Å². The van der Waals surface area contributed by atoms with Crippen LogP contribution in [0.25, 0.3) is 0 Å². The number of benzene rings is 1. The highest BCUT2D eigenvalue weighted by Gasteiger charge is 2.35. The fraction of sp³-hybridized carbons (Fsp3) is 0.182. The highest BCUT2D eigenvalue weighted by atomic mass is 16.6. The van der Waals surface area contributed by atoms with Crippen LogP contribution in [0.5, 0.6) is 0 Å². The number of aliphatic hydroxyl groups is 1. The van der Waals surface area contributed by atoms with E-state index in [0.717, 1.165) is 0 Å². The molecule has 2 atom stereocenters. The second-order valence-corrected chi connectivity index (χ2v) is 3.31. The highest BCUT2D eigenvalue weighted by Crippen LogP contribution is 2.07. The zero-order chi connectivity index (χ0) is 13.7. The average Bonchev–Trinajstić information content (AvgIpc) is 2.35. The van der Waals surface area contributed by atoms with Gasteiger partial charge in [0.25, 0.3) is 0 Å². The zero-order valence-electron chi connectivity index (χ0n) is 9.02. The molecule has 0 aliphatic carbocycles. The Labute approximate surface area is 101 Å². The molecule has 0 bridgehead atoms. The number of hydrogen-bond acceptors (Lipinski definition) is 5. The summed E-state index contributed by atoms with van der Waals surface area (Å²) in [5, 5.41) is 26.3. The van der Waals surface area contributed by atoms with E-state index < -0.39 is 30.1 Å². The van der Waals surface area contributed by atoms with E-state index in [9.17, 15) is 14.4 Å². The summed E-state index contributed by atoms with van der Waals surface area (Å²) >= 11 is 0. The molecule has 1 aromatic rings. The van der Waals surface area contributed by atoms with Crippen LogP contribution in [0.15, 0.2) is 30.3 Å². The van der Waals surface area contributed by atoms with Gasteiger partial charge in [-0.15, -0.1) is 0 Å². The quantitative estimate of drug-likeness (QED) is 0.619. The van der Waals surface area contributed by atoms with Gasteiger partial charge < -0.3 is 20.1 Å². The molecule has 0 aliphatic heterocycles. The van der Waals surface area contributed by atoms with E-state index in [2.05, 4.69) is 4.74 Å². The largest absolute Gasteiger partial charge is 0.479 e. The molecule has 1 aromatic carbocycles. The van der Waals surface area contributed by atoms with Crippen LogP contribution in [0.3, 0.4) is 0 Å². The zero-order valence-corrected chi connectivity index (χ0v) is 9.02. The van der Waals surface area contributed by atoms with Crippen LogP contribution >= 0.6 is 0 Å². The van der Waals surface area contributed by atoms with Crippen LogP contribution in [0, 0.1) is 0 Å². The number of ether oxygens (including phenoxy) is 1. The maximum atomic E-state index is 11.5. The van der Waals surface area contributed by atoms with Crippen LogP contribution in [-0.4, -0.2) is 45.4 Å². The van der Waals surface area contributed by atoms with Gasteiger partial charge in [0.15, 0.2) is 6.10 Å². The molecular formula is C11H10O7. The molecule has 18 heavy (non-hydrogen) atoms. The molecule has 0 saturated heterocycles. The van der Waals surface area contributed by atoms with E-state index in [-0.39, 0.29) is 5.56 Å². The third-order valence-corrected chi connectivity index (χ3v) is 2.03. The Morgan fingerprint density at radius 2 is 1.56 bits per heavy atom. The number of hydrogen-bond donors (Lipinski definition) is 3. The molecule has 3 N–H and O–H groups in total. The van der Waals surface area contributed by atoms with Crippen molar-refractivity contribution < 1.29 is 34.4 Å². The Morgan fingerprint density at radius 1 is 1.00 bits per heavy atom. The van der Waals surface area contributed by atoms with Crippen molar-refractivity contribution in [2.24, 2.45) is 0 Å². The number of carbonyl (C=O) groups is 3. The van der Waals surface area contributed by atoms with E-state index in [4.69, 9.17) is 15.3 Å². The molecule has 2 unspecified atom stereocenters. The molecule has 1 rings (SSSR count). The predicted octanol–water partition coefficient (Wildman–Crippen LogP) is -0.258. The first-order valence-corrected chi connectivity index (χ1v) is 4.83. The first kappa shape index (κ1) is 13.7. The van der Waals surface area contributed by atoms with Crippen molar-refractivity contribution in [1.29, 1.82) is 0 Å². The smallest absolute Gasteiger partial charge is 0.348 e. The summed E-state index contributed by atoms with van der Waals surface area (Å²) in [6.45, 7) is 0. The van der Waals surface area contributed by atoms with Crippen molar-refractivity contribution in [2.45, 2.75) is 12.2 Å². The van der Waals surface area contributed by atoms with Crippen LogP contribution in [0.1, 0.15) is 10.4 Å². The highest BCUT2D eigenvalue weighted by molar-refractivity contribution is 5.92. The summed E-state index contributed by atoms with van der Waals surface area (Å²) in [4.78, 5) is 32.7. The molecule has 0 aliphatic rings. The first-order valence-electron chi connectivity index (χ1n) is 4.83. The molecule has 0 heterocycles. The predicted molar refractivity (Wildman–Crippen MR) is 56.9 cm³/mol. The normalized spacial score (nSPS) is 13.4. The van der Waals surface area contributed by atoms with Crippen molar-refractivity contribution in [3.05, 3.63) is 35.9 Å². The van der Waals surface area contributed by atoms with Crippen LogP contribution < -0.4 is 0 Å². The van der Waals surface area contributed by atoms with Gasteiger partial charge in [0.2, 0.25) is 6.10 Å². The number of carbonyl (C=O) groups excluding carboxylic acids is 1. The molecule has 0 aromatic heterocycles. The maximum absolute atomic E-state index is 11.5. The van der Waals surface area contributed by atoms with Gasteiger partial charge in [0, 0.05) is 0 Å². The van der Waals surface area contributed by atoms with Crippen molar-refractivity contribution in [1.82, 2.24) is 0 Å². The van der Waals surface area contributed by atoms with Crippen LogP contribution in [0.2, 0.25) is 0 Å². The Bertz CT molecular complexity index is 454. The van der Waals surface area contributed by atoms with Gasteiger partial charge in [-0.05, 0) is 12.1 Å². The summed E-state index contributed by atoms with van der Waals surface area (Å²) in [7, 11) is 0. The van der Waals surface area contributed by atoms with E-state index in [1.165, 1.54) is 24.3 Å². The first-order chi connectivity index (χ1) is 8.43. The van der Waals surface area contributed by atoms with Crippen molar-refractivity contribution in [2.75, 3.05) is 0 Å². The lowest BCUT2D eigenvalue weighted by Gasteiger charge is -2.16. The Kier molecular flexibility index (Phi) is 4.39. The van der Waals surface area contributed by atoms with Gasteiger partial charge >= 0.3 is 17.9 Å². The fourth-order valence-electron chi connectivity index (χ4n) is 1.14. The Balaban J connectivity index is 2.83. The lowest BCUT2D eigenvalue weighted by molar-refractivity contribution is -0.166. The summed E-state index contributed by atoms with van der Waals surface area (Å²) in [5.74, 6) is -4.55. The standard InChI is InChI=1S/C11H10O7/c12-7(9(13)14)8(10(15)16)18-11(17)6-4-2-1-3-5-6/h1-5,7-8,12H,(H,13,14)(H,15,16). The number of aliphatic carboxylic acids is 2. The molecule has 7 nitrogen and oxygen atoms in total. The molecule has 7 heteroatoms. The number of carboxylic acids is 2. The van der Waals surface area contributed by atoms with Gasteiger partial charge in [-0.3, -0.25) is 0 Å². The van der Waals surface area contributed by atoms with Gasteiger partial charge in [-0.1, -0.05) is 18.2 Å². The van der Waals surface area contributed by atoms with Crippen molar-refractivity contribution in [3.63, 3.8) is 0 Å². The maximum Gasteiger partial charge on any atom is 0.348 e. The minimum absolute atomic E-state index is 0.0568. The van der Waals surface area contributed by atoms with Gasteiger partial charge in [-0.25, -0.2) is 14.4 Å². The van der Waals surface area contributed by atoms with E-state index in [1.807, 2.05) is 0 Å². The minimum Gasteiger partial charge on any atom is -0.479 e. The molecule has 0 amide bonds. The number of carboxylic acid groups (broad SMARTS) is 2. The summed E-state index contributed by atoms with van der Waals surface area (Å²) in [6.07, 6.45) is -4.48. The Morgan fingerprint density at radius 3 is 2.00 bits per heavy atom. The SMILES string of the molecule is O=C(OC(C(=O)O)C(O)C(=O)O)c1ccccc1. The van der Waals surface area contributed by atoms with Crippen LogP contribution in [0.4, 0.5) is 0 Å². The molecule has 0 fully saturated rings. The topological polar surface area (TPSA) is 121 Å². The third-order valence-electron chi connectivity index (χ3n) is 2.03. The summed E-state index contributed by atoms with van der Waals surface area (Å²) in [6, 6.07) is 7.43. The monoisotopic (exact) mass is 254 g/mol. The van der Waals surface area contributed by atoms with E-state index >= 15 is 0 Å². The van der Waals surface area contributed by atoms with Gasteiger partial charge in [0.1, 0.15) is 0 Å². The number of rotatable bonds is 5. The summed E-state index contributed by atoms with van der Waals surface area (Å²) < 4.78 is 4.45. The molecule has 0 saturated carbocycles. The number of esters is 1. The lowest BCUT2D eigenvalue weighted by Crippen LogP contribution is -2.43. The fourth-order valence-corrected chi connectivity index (χ4v) is 1.14. The molecular weight excluding hydrogens is 244 g/mol. The van der Waals surface area contributed by atoms with E-state index in [1.54, 1.807) is 6.07 Å². The molecule has 0 spiro atoms. The summed E-state index contributed by atoms with van der Waals surface area (Å²) in [5.41, 5.74) is 0.0568. The van der Waals surface area contributed by atoms with Crippen molar-refractivity contribution >= 4 is 17.9 Å². The average molecular weight is 254 g/mol. The third kappa shape index (κ3) is 3.29. The molecule has 0 radical (unpaired) electrons. The van der Waals surface area contributed by atoms with Crippen LogP contribution in [-0.2, 0) is 14.3 Å². The second kappa shape index (κ2) is 5.78. The lowest BCUT2D eigenvalue weighted by atomic mass is 10.2. The Hall–Kier alpha value is -2.41. The van der Waals surface area contributed by atoms with E-state index in [0.29, 0.717) is 0 Å².